The molecule has 0 radical (unpaired) electrons. The van der Waals surface area contributed by atoms with Gasteiger partial charge in [0, 0.05) is 0 Å². The number of nitrogens with one attached hydrogen (secondary N) is 1. The predicted octanol–water partition coefficient (Wildman–Crippen LogP) is 5.65. The molecule has 0 aliphatic rings. The van der Waals surface area contributed by atoms with E-state index >= 15 is 0 Å². The molecule has 0 rings (SSSR count). The highest BCUT2D eigenvalue weighted by molar-refractivity contribution is 7.86. The zero-order valence-electron chi connectivity index (χ0n) is 16.8. The fourth-order valence-electron chi connectivity index (χ4n) is 1.70. The van der Waals surface area contributed by atoms with Gasteiger partial charge < -0.3 is 5.32 Å². The van der Waals surface area contributed by atoms with Crippen molar-refractivity contribution in [2.45, 2.75) is 59.1 Å². The molecule has 0 saturated heterocycles. The fraction of sp³-hybridized carbons (Fsp3) is 1.00. The van der Waals surface area contributed by atoms with Crippen molar-refractivity contribution in [2.24, 2.45) is 0 Å². The lowest BCUT2D eigenvalue weighted by Crippen LogP contribution is -2.76. The summed E-state index contributed by atoms with van der Waals surface area (Å²) in [6.07, 6.45) is -8.03. The molecule has 0 aromatic rings. The molecule has 0 aromatic heterocycles. The first-order valence-electron chi connectivity index (χ1n) is 7.85. The first-order valence-corrected chi connectivity index (χ1v) is 9.35. The third-order valence-electron chi connectivity index (χ3n) is 3.69. The number of hydrogen-bond acceptors (Lipinski definition) is 3. The molecular weight excluding hydrogens is 618 g/mol. The molecule has 1 unspecified atom stereocenters. The van der Waals surface area contributed by atoms with E-state index in [0.29, 0.717) is 0 Å². The summed E-state index contributed by atoms with van der Waals surface area (Å²) >= 11 is 0. The van der Waals surface area contributed by atoms with E-state index < -0.39 is 69.2 Å². The van der Waals surface area contributed by atoms with Gasteiger partial charge in [0.1, 0.15) is 0 Å². The number of hydrogen-bond donors (Lipinski definition) is 2. The Hall–Kier alpha value is -1.53. The van der Waals surface area contributed by atoms with Crippen LogP contribution < -0.4 is 5.32 Å². The molecule has 0 fully saturated rings. The second-order valence-electron chi connectivity index (χ2n) is 6.47. The minimum atomic E-state index is -9.22. The van der Waals surface area contributed by atoms with Crippen LogP contribution in [-0.4, -0.2) is 86.1 Å². The summed E-state index contributed by atoms with van der Waals surface area (Å²) < 4.78 is 286. The Kier molecular flexibility index (Phi) is 10.1. The summed E-state index contributed by atoms with van der Waals surface area (Å²) in [5.41, 5.74) is -6.12. The molecule has 0 aliphatic heterocycles. The lowest BCUT2D eigenvalue weighted by atomic mass is 9.87. The second-order valence-corrected chi connectivity index (χ2v) is 7.92. The molecule has 2 N–H and O–H groups in total. The Labute approximate surface area is 190 Å². The molecule has 0 heterocycles. The Bertz CT molecular complexity index is 895. The summed E-state index contributed by atoms with van der Waals surface area (Å²) in [5, 5.41) is 2.75. The predicted molar refractivity (Wildman–Crippen MR) is 77.1 cm³/mol. The van der Waals surface area contributed by atoms with Gasteiger partial charge in [-0.2, -0.15) is 91.8 Å². The summed E-state index contributed by atoms with van der Waals surface area (Å²) in [6, 6.07) is 0. The molecule has 37 heavy (non-hydrogen) atoms. The van der Waals surface area contributed by atoms with Gasteiger partial charge in [-0.15, -0.1) is 0 Å². The Morgan fingerprint density at radius 2 is 0.703 bits per heavy atom. The van der Waals surface area contributed by atoms with Crippen LogP contribution in [0, 0.1) is 0 Å². The molecular formula is C12H9F20NO3S. The van der Waals surface area contributed by atoms with Crippen molar-refractivity contribution in [3.05, 3.63) is 0 Å². The van der Waals surface area contributed by atoms with Crippen molar-refractivity contribution >= 4 is 10.1 Å². The van der Waals surface area contributed by atoms with E-state index in [2.05, 4.69) is 5.32 Å². The number of alkyl halides is 20. The van der Waals surface area contributed by atoms with E-state index in [1.54, 1.807) is 0 Å². The molecule has 0 aliphatic carbocycles. The minimum Gasteiger partial charge on any atom is -0.323 e. The van der Waals surface area contributed by atoms with Gasteiger partial charge in [0.15, 0.2) is 0 Å². The molecule has 1 atom stereocenters. The van der Waals surface area contributed by atoms with Gasteiger partial charge in [0.05, 0.1) is 0 Å². The standard InChI is InChI=1S/C10H2F20O3S.C2H7N/c11-1(34(31,32)33)2(12,13)3(14,15)4(16,17)5(18,19)6(20,21)7(22,23)8(24,25)9(26,27)10(28,29)30;1-3-2/h1H,(H,31,32,33);3H,1-2H3. The van der Waals surface area contributed by atoms with Crippen LogP contribution in [0.5, 0.6) is 0 Å². The first-order chi connectivity index (χ1) is 15.6. The van der Waals surface area contributed by atoms with Gasteiger partial charge in [0.2, 0.25) is 0 Å². The van der Waals surface area contributed by atoms with Crippen molar-refractivity contribution in [3.63, 3.8) is 0 Å². The van der Waals surface area contributed by atoms with Crippen LogP contribution in [0.1, 0.15) is 0 Å². The zero-order valence-corrected chi connectivity index (χ0v) is 17.6. The quantitative estimate of drug-likeness (QED) is 0.257. The maximum atomic E-state index is 13.3. The van der Waals surface area contributed by atoms with Crippen molar-refractivity contribution in [1.82, 2.24) is 5.32 Å². The monoisotopic (exact) mass is 627 g/mol. The summed E-state index contributed by atoms with van der Waals surface area (Å²) in [5.74, 6) is -70.6. The normalized spacial score (nSPS) is 16.7. The highest BCUT2D eigenvalue weighted by Crippen LogP contribution is 2.65. The highest BCUT2D eigenvalue weighted by atomic mass is 32.2. The van der Waals surface area contributed by atoms with Crippen molar-refractivity contribution < 1.29 is 101 Å². The number of halogens is 20. The van der Waals surface area contributed by atoms with Crippen LogP contribution in [0.4, 0.5) is 87.8 Å². The molecule has 25 heteroatoms. The van der Waals surface area contributed by atoms with E-state index in [9.17, 15) is 96.2 Å². The van der Waals surface area contributed by atoms with Crippen LogP contribution in [0.3, 0.4) is 0 Å². The van der Waals surface area contributed by atoms with Crippen LogP contribution in [0.2, 0.25) is 0 Å². The summed E-state index contributed by atoms with van der Waals surface area (Å²) in [4.78, 5) is 0. The average molecular weight is 627 g/mol. The molecule has 0 aromatic carbocycles. The van der Waals surface area contributed by atoms with E-state index in [1.807, 2.05) is 14.1 Å². The largest absolute Gasteiger partial charge is 0.460 e. The SMILES string of the molecule is CNC.O=S(=O)(O)C(F)C(F)(F)C(F)(F)C(F)(F)C(F)(F)C(F)(F)C(F)(F)C(F)(F)C(F)(F)C(F)(F)F. The van der Waals surface area contributed by atoms with Gasteiger partial charge in [-0.1, -0.05) is 0 Å². The molecule has 0 amide bonds. The second kappa shape index (κ2) is 9.89. The van der Waals surface area contributed by atoms with E-state index in [4.69, 9.17) is 4.55 Å². The van der Waals surface area contributed by atoms with Crippen LogP contribution in [-0.2, 0) is 10.1 Å². The Morgan fingerprint density at radius 3 is 0.892 bits per heavy atom. The molecule has 0 bridgehead atoms. The van der Waals surface area contributed by atoms with E-state index in [-0.39, 0.29) is 0 Å². The third-order valence-corrected chi connectivity index (χ3v) is 4.51. The van der Waals surface area contributed by atoms with Crippen molar-refractivity contribution in [1.29, 1.82) is 0 Å². The van der Waals surface area contributed by atoms with Gasteiger partial charge >= 0.3 is 63.7 Å². The first kappa shape index (κ1) is 37.6. The fourth-order valence-corrected chi connectivity index (χ4v) is 2.22. The van der Waals surface area contributed by atoms with E-state index in [0.717, 1.165) is 0 Å². The van der Waals surface area contributed by atoms with Crippen LogP contribution >= 0.6 is 0 Å². The van der Waals surface area contributed by atoms with Gasteiger partial charge in [-0.3, -0.25) is 4.55 Å². The third kappa shape index (κ3) is 5.34. The number of rotatable bonds is 9. The molecule has 4 nitrogen and oxygen atoms in total. The zero-order chi connectivity index (χ0) is 31.3. The lowest BCUT2D eigenvalue weighted by Gasteiger charge is -2.43. The Balaban J connectivity index is 0. The van der Waals surface area contributed by atoms with E-state index in [1.165, 1.54) is 0 Å². The van der Waals surface area contributed by atoms with Gasteiger partial charge in [-0.05, 0) is 14.1 Å². The van der Waals surface area contributed by atoms with Crippen LogP contribution in [0.25, 0.3) is 0 Å². The van der Waals surface area contributed by atoms with Gasteiger partial charge in [-0.25, -0.2) is 4.39 Å². The highest BCUT2D eigenvalue weighted by Gasteiger charge is 2.97. The van der Waals surface area contributed by atoms with Crippen molar-refractivity contribution in [3.8, 4) is 0 Å². The van der Waals surface area contributed by atoms with Gasteiger partial charge in [0.25, 0.3) is 5.50 Å². The maximum Gasteiger partial charge on any atom is 0.460 e. The summed E-state index contributed by atoms with van der Waals surface area (Å²) in [7, 11) is -3.58. The maximum absolute atomic E-state index is 13.3. The molecule has 0 spiro atoms. The topological polar surface area (TPSA) is 66.4 Å². The Morgan fingerprint density at radius 1 is 0.514 bits per heavy atom. The van der Waals surface area contributed by atoms with Crippen molar-refractivity contribution in [2.75, 3.05) is 14.1 Å². The summed E-state index contributed by atoms with van der Waals surface area (Å²) in [6.45, 7) is 0. The molecule has 0 saturated carbocycles. The van der Waals surface area contributed by atoms with Crippen LogP contribution in [0.15, 0.2) is 0 Å². The average Bonchev–Trinajstić information content (AvgIpc) is 2.65. The lowest BCUT2D eigenvalue weighted by molar-refractivity contribution is -0.469. The molecule has 226 valence electrons. The smallest absolute Gasteiger partial charge is 0.323 e. The minimum absolute atomic E-state index is 1.88.